The first-order valence-electron chi connectivity index (χ1n) is 11.0. The average molecular weight is 368 g/mol. The van der Waals surface area contributed by atoms with Crippen LogP contribution < -0.4 is 5.32 Å². The second kappa shape index (κ2) is 16.4. The Morgan fingerprint density at radius 2 is 1.19 bits per heavy atom. The molecule has 0 saturated heterocycles. The van der Waals surface area contributed by atoms with Gasteiger partial charge >= 0.3 is 5.97 Å². The molecule has 0 unspecified atom stereocenters. The molecule has 0 aliphatic carbocycles. The Morgan fingerprint density at radius 3 is 1.58 bits per heavy atom. The molecule has 0 atom stereocenters. The van der Waals surface area contributed by atoms with Crippen LogP contribution in [0.1, 0.15) is 118 Å². The van der Waals surface area contributed by atoms with Crippen LogP contribution in [0.4, 0.5) is 0 Å². The molecular weight excluding hydrogens is 322 g/mol. The molecule has 3 heteroatoms. The highest BCUT2D eigenvalue weighted by molar-refractivity contribution is 5.87. The fraction of sp³-hybridized carbons (Fsp3) is 0.870. The molecular formula is C23H45NO2. The van der Waals surface area contributed by atoms with E-state index in [1.54, 1.807) is 6.92 Å². The molecule has 26 heavy (non-hydrogen) atoms. The first-order chi connectivity index (χ1) is 12.4. The molecule has 0 aliphatic rings. The van der Waals surface area contributed by atoms with Gasteiger partial charge in [-0.25, -0.2) is 4.79 Å². The van der Waals surface area contributed by atoms with E-state index in [0.717, 1.165) is 13.0 Å². The van der Waals surface area contributed by atoms with Crippen LogP contribution in [0.5, 0.6) is 0 Å². The fourth-order valence-electron chi connectivity index (χ4n) is 3.06. The van der Waals surface area contributed by atoms with Crippen molar-refractivity contribution in [1.29, 1.82) is 0 Å². The van der Waals surface area contributed by atoms with Gasteiger partial charge in [-0.1, -0.05) is 97.0 Å². The van der Waals surface area contributed by atoms with Gasteiger partial charge in [-0.3, -0.25) is 5.32 Å². The van der Waals surface area contributed by atoms with Crippen molar-refractivity contribution in [3.8, 4) is 0 Å². The smallest absolute Gasteiger partial charge is 0.334 e. The molecule has 0 radical (unpaired) electrons. The van der Waals surface area contributed by atoms with Crippen LogP contribution in [-0.2, 0) is 9.53 Å². The minimum absolute atomic E-state index is 0.330. The lowest BCUT2D eigenvalue weighted by Crippen LogP contribution is -2.44. The van der Waals surface area contributed by atoms with Crippen LogP contribution in [-0.4, -0.2) is 18.2 Å². The predicted octanol–water partition coefficient (Wildman–Crippen LogP) is 6.91. The summed E-state index contributed by atoms with van der Waals surface area (Å²) in [5.74, 6) is -0.330. The minimum Gasteiger partial charge on any atom is -0.441 e. The molecule has 0 spiro atoms. The number of hydrogen-bond acceptors (Lipinski definition) is 3. The summed E-state index contributed by atoms with van der Waals surface area (Å²) in [4.78, 5) is 11.6. The van der Waals surface area contributed by atoms with Crippen molar-refractivity contribution in [2.75, 3.05) is 6.54 Å². The van der Waals surface area contributed by atoms with E-state index < -0.39 is 5.72 Å². The Morgan fingerprint density at radius 1 is 0.808 bits per heavy atom. The second-order valence-corrected chi connectivity index (χ2v) is 8.20. The van der Waals surface area contributed by atoms with Crippen LogP contribution in [0.25, 0.3) is 0 Å². The van der Waals surface area contributed by atoms with Gasteiger partial charge in [0.25, 0.3) is 0 Å². The third-order valence-electron chi connectivity index (χ3n) is 4.78. The third kappa shape index (κ3) is 16.6. The summed E-state index contributed by atoms with van der Waals surface area (Å²) in [6, 6.07) is 0. The monoisotopic (exact) mass is 367 g/mol. The van der Waals surface area contributed by atoms with Crippen molar-refractivity contribution in [3.05, 3.63) is 12.2 Å². The number of hydrogen-bond donors (Lipinski definition) is 1. The lowest BCUT2D eigenvalue weighted by Gasteiger charge is -2.26. The highest BCUT2D eigenvalue weighted by Crippen LogP contribution is 2.13. The summed E-state index contributed by atoms with van der Waals surface area (Å²) in [6.45, 7) is 12.2. The molecule has 0 bridgehead atoms. The Labute approximate surface area is 163 Å². The van der Waals surface area contributed by atoms with Gasteiger partial charge in [0.15, 0.2) is 5.72 Å². The fourth-order valence-corrected chi connectivity index (χ4v) is 3.06. The quantitative estimate of drug-likeness (QED) is 0.124. The molecule has 0 rings (SSSR count). The van der Waals surface area contributed by atoms with Crippen LogP contribution in [0.3, 0.4) is 0 Å². The second-order valence-electron chi connectivity index (χ2n) is 8.20. The summed E-state index contributed by atoms with van der Waals surface area (Å²) >= 11 is 0. The standard InChI is InChI=1S/C23H45NO2/c1-6-7-8-9-10-11-12-13-14-15-16-17-18-19-20-24-23(4,5)26-22(25)21(2)3/h24H,2,6-20H2,1,3-5H3. The topological polar surface area (TPSA) is 38.3 Å². The van der Waals surface area contributed by atoms with Gasteiger partial charge in [0.1, 0.15) is 0 Å². The van der Waals surface area contributed by atoms with E-state index >= 15 is 0 Å². The third-order valence-corrected chi connectivity index (χ3v) is 4.78. The number of rotatable bonds is 18. The molecule has 0 heterocycles. The average Bonchev–Trinajstić information content (AvgIpc) is 2.57. The van der Waals surface area contributed by atoms with Crippen molar-refractivity contribution in [2.24, 2.45) is 0 Å². The molecule has 0 aromatic rings. The van der Waals surface area contributed by atoms with Crippen molar-refractivity contribution in [3.63, 3.8) is 0 Å². The predicted molar refractivity (Wildman–Crippen MR) is 113 cm³/mol. The molecule has 0 aromatic heterocycles. The number of nitrogens with one attached hydrogen (secondary N) is 1. The van der Waals surface area contributed by atoms with E-state index in [1.807, 2.05) is 13.8 Å². The van der Waals surface area contributed by atoms with E-state index in [-0.39, 0.29) is 5.97 Å². The van der Waals surface area contributed by atoms with Crippen molar-refractivity contribution in [1.82, 2.24) is 5.32 Å². The number of unbranched alkanes of at least 4 members (excludes halogenated alkanes) is 13. The van der Waals surface area contributed by atoms with Gasteiger partial charge in [0.2, 0.25) is 0 Å². The molecule has 0 fully saturated rings. The largest absolute Gasteiger partial charge is 0.441 e. The molecule has 0 amide bonds. The summed E-state index contributed by atoms with van der Waals surface area (Å²) in [6.07, 6.45) is 19.1. The van der Waals surface area contributed by atoms with Crippen LogP contribution in [0, 0.1) is 0 Å². The highest BCUT2D eigenvalue weighted by atomic mass is 16.6. The molecule has 3 nitrogen and oxygen atoms in total. The number of carbonyl (C=O) groups excluding carboxylic acids is 1. The maximum Gasteiger partial charge on any atom is 0.334 e. The molecule has 0 aromatic carbocycles. The first-order valence-corrected chi connectivity index (χ1v) is 11.0. The van der Waals surface area contributed by atoms with Gasteiger partial charge in [-0.2, -0.15) is 0 Å². The number of esters is 1. The first kappa shape index (κ1) is 25.2. The van der Waals surface area contributed by atoms with E-state index in [1.165, 1.54) is 83.5 Å². The maximum absolute atomic E-state index is 11.6. The molecule has 0 aliphatic heterocycles. The minimum atomic E-state index is -0.618. The van der Waals surface area contributed by atoms with Gasteiger partial charge in [-0.05, 0) is 33.7 Å². The SMILES string of the molecule is C=C(C)C(=O)OC(C)(C)NCCCCCCCCCCCCCCCC. The van der Waals surface area contributed by atoms with E-state index in [0.29, 0.717) is 5.57 Å². The van der Waals surface area contributed by atoms with Gasteiger partial charge in [-0.15, -0.1) is 0 Å². The lowest BCUT2D eigenvalue weighted by molar-refractivity contribution is -0.154. The molecule has 154 valence electrons. The zero-order valence-electron chi connectivity index (χ0n) is 18.1. The van der Waals surface area contributed by atoms with Gasteiger partial charge in [0, 0.05) is 5.57 Å². The zero-order valence-corrected chi connectivity index (χ0v) is 18.1. The van der Waals surface area contributed by atoms with E-state index in [9.17, 15) is 4.79 Å². The molecule has 1 N–H and O–H groups in total. The van der Waals surface area contributed by atoms with E-state index in [4.69, 9.17) is 4.74 Å². The van der Waals surface area contributed by atoms with E-state index in [2.05, 4.69) is 18.8 Å². The zero-order chi connectivity index (χ0) is 19.7. The summed E-state index contributed by atoms with van der Waals surface area (Å²) in [5, 5.41) is 3.30. The lowest BCUT2D eigenvalue weighted by atomic mass is 10.0. The molecule has 0 saturated carbocycles. The number of carbonyl (C=O) groups is 1. The Kier molecular flexibility index (Phi) is 15.8. The van der Waals surface area contributed by atoms with Crippen LogP contribution in [0.2, 0.25) is 0 Å². The summed E-state index contributed by atoms with van der Waals surface area (Å²) in [5.41, 5.74) is -0.177. The Bertz CT molecular complexity index is 363. The highest BCUT2D eigenvalue weighted by Gasteiger charge is 2.21. The maximum atomic E-state index is 11.6. The van der Waals surface area contributed by atoms with Crippen molar-refractivity contribution < 1.29 is 9.53 Å². The van der Waals surface area contributed by atoms with Gasteiger partial charge < -0.3 is 4.74 Å². The van der Waals surface area contributed by atoms with Gasteiger partial charge in [0.05, 0.1) is 0 Å². The number of ether oxygens (including phenoxy) is 1. The Balaban J connectivity index is 3.33. The van der Waals surface area contributed by atoms with Crippen molar-refractivity contribution in [2.45, 2.75) is 123 Å². The Hall–Kier alpha value is -0.830. The normalized spacial score (nSPS) is 11.5. The van der Waals surface area contributed by atoms with Crippen molar-refractivity contribution >= 4 is 5.97 Å². The summed E-state index contributed by atoms with van der Waals surface area (Å²) < 4.78 is 5.37. The summed E-state index contributed by atoms with van der Waals surface area (Å²) in [7, 11) is 0. The van der Waals surface area contributed by atoms with Crippen LogP contribution >= 0.6 is 0 Å². The van der Waals surface area contributed by atoms with Crippen LogP contribution in [0.15, 0.2) is 12.2 Å².